The Morgan fingerprint density at radius 3 is 1.94 bits per heavy atom. The van der Waals surface area contributed by atoms with Gasteiger partial charge in [-0.05, 0) is 30.2 Å². The minimum atomic E-state index is -0.311. The van der Waals surface area contributed by atoms with Crippen LogP contribution in [-0.2, 0) is 25.6 Å². The predicted octanol–water partition coefficient (Wildman–Crippen LogP) is 2.88. The monoisotopic (exact) mass is 438 g/mol. The van der Waals surface area contributed by atoms with Crippen molar-refractivity contribution in [3.05, 3.63) is 70.9 Å². The Morgan fingerprint density at radius 2 is 1.41 bits per heavy atom. The second-order valence-corrected chi connectivity index (χ2v) is 7.61. The molecule has 0 atom stereocenters. The van der Waals surface area contributed by atoms with Crippen LogP contribution in [0.1, 0.15) is 16.7 Å². The van der Waals surface area contributed by atoms with Gasteiger partial charge in [0, 0.05) is 27.3 Å². The smallest absolute Gasteiger partial charge is 0.278 e. The quantitative estimate of drug-likeness (QED) is 0.503. The molecular weight excluding hydrogens is 408 g/mol. The molecular formula is C25H30N2O5. The molecule has 0 radical (unpaired) electrons. The lowest BCUT2D eigenvalue weighted by molar-refractivity contribution is -0.138. The number of nitrogens with zero attached hydrogens (tertiary/aromatic N) is 2. The maximum absolute atomic E-state index is 13.6. The molecule has 7 nitrogen and oxygen atoms in total. The standard InChI is InChI=1S/C25H30N2O5/c1-18-5-7-19(8-6-18)17-27-24(28)22(20-9-11-21(32-4)12-10-20)23(25(27)29)26(13-15-30-2)14-16-31-3/h5-12H,13-17H2,1-4H3. The van der Waals surface area contributed by atoms with E-state index in [0.717, 1.165) is 11.1 Å². The Hall–Kier alpha value is -3.16. The van der Waals surface area contributed by atoms with E-state index in [9.17, 15) is 9.59 Å². The fraction of sp³-hybridized carbons (Fsp3) is 0.360. The van der Waals surface area contributed by atoms with Crippen LogP contribution < -0.4 is 4.74 Å². The second-order valence-electron chi connectivity index (χ2n) is 7.61. The molecule has 0 spiro atoms. The van der Waals surface area contributed by atoms with Gasteiger partial charge >= 0.3 is 0 Å². The van der Waals surface area contributed by atoms with E-state index in [4.69, 9.17) is 14.2 Å². The third-order valence-corrected chi connectivity index (χ3v) is 5.43. The Labute approximate surface area is 189 Å². The Kier molecular flexibility index (Phi) is 8.03. The molecule has 2 amide bonds. The summed E-state index contributed by atoms with van der Waals surface area (Å²) in [5, 5.41) is 0. The van der Waals surface area contributed by atoms with Crippen molar-refractivity contribution >= 4 is 17.4 Å². The summed E-state index contributed by atoms with van der Waals surface area (Å²) in [7, 11) is 4.81. The number of aryl methyl sites for hydroxylation is 1. The largest absolute Gasteiger partial charge is 0.497 e. The Morgan fingerprint density at radius 1 is 0.812 bits per heavy atom. The van der Waals surface area contributed by atoms with Crippen molar-refractivity contribution in [2.24, 2.45) is 0 Å². The molecule has 0 aliphatic carbocycles. The topological polar surface area (TPSA) is 68.3 Å². The minimum absolute atomic E-state index is 0.212. The maximum Gasteiger partial charge on any atom is 0.278 e. The first-order chi connectivity index (χ1) is 15.5. The van der Waals surface area contributed by atoms with Gasteiger partial charge in [0.05, 0.1) is 32.4 Å². The van der Waals surface area contributed by atoms with Gasteiger partial charge in [-0.2, -0.15) is 0 Å². The van der Waals surface area contributed by atoms with E-state index in [-0.39, 0.29) is 18.4 Å². The van der Waals surface area contributed by atoms with E-state index < -0.39 is 0 Å². The number of rotatable bonds is 11. The SMILES string of the molecule is COCCN(CCOC)C1=C(c2ccc(OC)cc2)C(=O)N(Cc2ccc(C)cc2)C1=O. The molecule has 0 fully saturated rings. The van der Waals surface area contributed by atoms with Crippen LogP contribution in [0, 0.1) is 6.92 Å². The van der Waals surface area contributed by atoms with Crippen LogP contribution in [0.2, 0.25) is 0 Å². The average molecular weight is 439 g/mol. The molecule has 0 unspecified atom stereocenters. The summed E-state index contributed by atoms with van der Waals surface area (Å²) in [5.74, 6) is 0.0592. The number of hydrogen-bond acceptors (Lipinski definition) is 6. The Bertz CT molecular complexity index is 959. The van der Waals surface area contributed by atoms with Crippen molar-refractivity contribution < 1.29 is 23.8 Å². The van der Waals surface area contributed by atoms with E-state index in [1.807, 2.05) is 36.1 Å². The molecule has 0 bridgehead atoms. The highest BCUT2D eigenvalue weighted by atomic mass is 16.5. The van der Waals surface area contributed by atoms with Gasteiger partial charge in [-0.25, -0.2) is 0 Å². The Balaban J connectivity index is 2.02. The van der Waals surface area contributed by atoms with E-state index >= 15 is 0 Å². The fourth-order valence-electron chi connectivity index (χ4n) is 3.63. The van der Waals surface area contributed by atoms with Gasteiger partial charge in [0.2, 0.25) is 0 Å². The van der Waals surface area contributed by atoms with Gasteiger partial charge in [-0.1, -0.05) is 42.0 Å². The first-order valence-electron chi connectivity index (χ1n) is 10.5. The molecule has 1 aliphatic rings. The lowest BCUT2D eigenvalue weighted by atomic mass is 10.0. The van der Waals surface area contributed by atoms with Crippen molar-refractivity contribution in [2.75, 3.05) is 47.6 Å². The summed E-state index contributed by atoms with van der Waals surface area (Å²) >= 11 is 0. The van der Waals surface area contributed by atoms with Crippen LogP contribution in [-0.4, -0.2) is 69.2 Å². The van der Waals surface area contributed by atoms with Crippen molar-refractivity contribution in [3.63, 3.8) is 0 Å². The molecule has 7 heteroatoms. The molecule has 0 saturated heterocycles. The number of methoxy groups -OCH3 is 3. The maximum atomic E-state index is 13.6. The fourth-order valence-corrected chi connectivity index (χ4v) is 3.63. The zero-order valence-corrected chi connectivity index (χ0v) is 19.1. The third kappa shape index (κ3) is 5.18. The van der Waals surface area contributed by atoms with Gasteiger partial charge in [-0.15, -0.1) is 0 Å². The molecule has 0 aromatic heterocycles. The van der Waals surface area contributed by atoms with Crippen LogP contribution in [0.5, 0.6) is 5.75 Å². The van der Waals surface area contributed by atoms with Crippen molar-refractivity contribution in [1.29, 1.82) is 0 Å². The van der Waals surface area contributed by atoms with Crippen LogP contribution >= 0.6 is 0 Å². The van der Waals surface area contributed by atoms with Gasteiger partial charge in [0.25, 0.3) is 11.8 Å². The summed E-state index contributed by atoms with van der Waals surface area (Å²) in [6.07, 6.45) is 0. The molecule has 3 rings (SSSR count). The highest BCUT2D eigenvalue weighted by Crippen LogP contribution is 2.33. The van der Waals surface area contributed by atoms with Gasteiger partial charge in [0.15, 0.2) is 0 Å². The van der Waals surface area contributed by atoms with Crippen LogP contribution in [0.3, 0.4) is 0 Å². The number of amides is 2. The van der Waals surface area contributed by atoms with E-state index in [2.05, 4.69) is 0 Å². The number of carbonyl (C=O) groups is 2. The second kappa shape index (κ2) is 10.9. The van der Waals surface area contributed by atoms with E-state index in [1.165, 1.54) is 4.90 Å². The zero-order valence-electron chi connectivity index (χ0n) is 19.1. The molecule has 1 heterocycles. The third-order valence-electron chi connectivity index (χ3n) is 5.43. The molecule has 32 heavy (non-hydrogen) atoms. The summed E-state index contributed by atoms with van der Waals surface area (Å²) in [4.78, 5) is 30.3. The van der Waals surface area contributed by atoms with Gasteiger partial charge in [0.1, 0.15) is 11.4 Å². The molecule has 0 N–H and O–H groups in total. The number of benzene rings is 2. The van der Waals surface area contributed by atoms with Crippen LogP contribution in [0.4, 0.5) is 0 Å². The summed E-state index contributed by atoms with van der Waals surface area (Å²) < 4.78 is 15.7. The molecule has 0 saturated carbocycles. The lowest BCUT2D eigenvalue weighted by Crippen LogP contribution is -2.37. The minimum Gasteiger partial charge on any atom is -0.497 e. The number of ether oxygens (including phenoxy) is 3. The molecule has 2 aromatic carbocycles. The highest BCUT2D eigenvalue weighted by Gasteiger charge is 2.41. The normalized spacial score (nSPS) is 13.8. The van der Waals surface area contributed by atoms with Crippen LogP contribution in [0.25, 0.3) is 5.57 Å². The van der Waals surface area contributed by atoms with E-state index in [1.54, 1.807) is 45.6 Å². The lowest BCUT2D eigenvalue weighted by Gasteiger charge is -2.25. The van der Waals surface area contributed by atoms with Crippen molar-refractivity contribution in [1.82, 2.24) is 9.80 Å². The summed E-state index contributed by atoms with van der Waals surface area (Å²) in [6.45, 7) is 3.98. The van der Waals surface area contributed by atoms with Crippen molar-refractivity contribution in [3.8, 4) is 5.75 Å². The molecule has 1 aliphatic heterocycles. The number of carbonyl (C=O) groups excluding carboxylic acids is 2. The first-order valence-corrected chi connectivity index (χ1v) is 10.5. The summed E-state index contributed by atoms with van der Waals surface area (Å²) in [5.41, 5.74) is 3.45. The van der Waals surface area contributed by atoms with Crippen LogP contribution in [0.15, 0.2) is 54.2 Å². The van der Waals surface area contributed by atoms with Gasteiger partial charge < -0.3 is 19.1 Å². The van der Waals surface area contributed by atoms with Gasteiger partial charge in [-0.3, -0.25) is 14.5 Å². The zero-order chi connectivity index (χ0) is 23.1. The summed E-state index contributed by atoms with van der Waals surface area (Å²) in [6, 6.07) is 15.0. The predicted molar refractivity (Wildman–Crippen MR) is 122 cm³/mol. The molecule has 170 valence electrons. The number of hydrogen-bond donors (Lipinski definition) is 0. The van der Waals surface area contributed by atoms with Crippen molar-refractivity contribution in [2.45, 2.75) is 13.5 Å². The molecule has 2 aromatic rings. The number of imide groups is 1. The van der Waals surface area contributed by atoms with E-state index in [0.29, 0.717) is 48.9 Å². The average Bonchev–Trinajstić information content (AvgIpc) is 3.05. The highest BCUT2D eigenvalue weighted by molar-refractivity contribution is 6.35. The first kappa shape index (κ1) is 23.5.